The minimum atomic E-state index is -2.04. The number of ether oxygens (including phenoxy) is 2. The molecule has 2 atom stereocenters. The van der Waals surface area contributed by atoms with Gasteiger partial charge in [-0.2, -0.15) is 0 Å². The van der Waals surface area contributed by atoms with Crippen molar-refractivity contribution in [1.29, 1.82) is 0 Å². The molecule has 0 fully saturated rings. The Hall–Kier alpha value is -2.86. The van der Waals surface area contributed by atoms with Crippen molar-refractivity contribution < 1.29 is 24.2 Å². The van der Waals surface area contributed by atoms with Gasteiger partial charge in [0.05, 0.1) is 11.8 Å². The lowest BCUT2D eigenvalue weighted by Gasteiger charge is -2.44. The number of hydrogen-bond acceptors (Lipinski definition) is 5. The van der Waals surface area contributed by atoms with Crippen molar-refractivity contribution in [2.45, 2.75) is 64.8 Å². The predicted octanol–water partition coefficient (Wildman–Crippen LogP) is 4.43. The maximum Gasteiger partial charge on any atom is 0.418 e. The first-order valence-corrected chi connectivity index (χ1v) is 10.1. The number of hydrogen-bond donors (Lipinski definition) is 1. The Morgan fingerprint density at radius 1 is 1.20 bits per heavy atom. The monoisotopic (exact) mass is 411 g/mol. The van der Waals surface area contributed by atoms with Gasteiger partial charge in [0, 0.05) is 17.7 Å². The maximum absolute atomic E-state index is 12.9. The molecule has 30 heavy (non-hydrogen) atoms. The van der Waals surface area contributed by atoms with E-state index in [9.17, 15) is 14.7 Å². The highest BCUT2D eigenvalue weighted by Crippen LogP contribution is 2.45. The third-order valence-electron chi connectivity index (χ3n) is 4.88. The number of carbonyl (C=O) groups is 2. The molecule has 0 saturated carbocycles. The summed E-state index contributed by atoms with van der Waals surface area (Å²) < 4.78 is 11.3. The molecule has 0 radical (unpaired) electrons. The van der Waals surface area contributed by atoms with Gasteiger partial charge in [0.25, 0.3) is 0 Å². The van der Waals surface area contributed by atoms with Gasteiger partial charge < -0.3 is 14.6 Å². The molecule has 2 aliphatic rings. The summed E-state index contributed by atoms with van der Waals surface area (Å²) in [6.45, 7) is 10.5. The van der Waals surface area contributed by atoms with Crippen molar-refractivity contribution >= 4 is 11.9 Å². The lowest BCUT2D eigenvalue weighted by atomic mass is 9.74. The van der Waals surface area contributed by atoms with E-state index >= 15 is 0 Å². The number of allylic oxidation sites excluding steroid dienone is 2. The highest BCUT2D eigenvalue weighted by molar-refractivity contribution is 6.13. The van der Waals surface area contributed by atoms with Crippen molar-refractivity contribution in [3.05, 3.63) is 71.3 Å². The predicted molar refractivity (Wildman–Crippen MR) is 113 cm³/mol. The van der Waals surface area contributed by atoms with E-state index in [1.165, 1.54) is 4.90 Å². The SMILES string of the molecule is CC1=C(OC(C)C)C(O)(C2=CC(c3ccccc3)C=CN2C(=O)OC(C)(C)C)C1=O. The zero-order valence-corrected chi connectivity index (χ0v) is 18.3. The van der Waals surface area contributed by atoms with E-state index in [0.717, 1.165) is 5.56 Å². The second-order valence-corrected chi connectivity index (χ2v) is 8.84. The van der Waals surface area contributed by atoms with Crippen molar-refractivity contribution in [3.8, 4) is 0 Å². The van der Waals surface area contributed by atoms with Crippen molar-refractivity contribution in [2.24, 2.45) is 0 Å². The fourth-order valence-corrected chi connectivity index (χ4v) is 3.54. The summed E-state index contributed by atoms with van der Waals surface area (Å²) in [5.41, 5.74) is -1.33. The normalized spacial score (nSPS) is 24.0. The van der Waals surface area contributed by atoms with Crippen LogP contribution in [-0.4, -0.2) is 39.2 Å². The molecule has 1 N–H and O–H groups in total. The highest BCUT2D eigenvalue weighted by atomic mass is 16.6. The largest absolute Gasteiger partial charge is 0.491 e. The quantitative estimate of drug-likeness (QED) is 0.793. The molecule has 0 spiro atoms. The molecule has 160 valence electrons. The van der Waals surface area contributed by atoms with Crippen LogP contribution in [0, 0.1) is 0 Å². The number of benzene rings is 1. The number of aliphatic hydroxyl groups is 1. The van der Waals surface area contributed by atoms with Gasteiger partial charge in [0.1, 0.15) is 11.4 Å². The average Bonchev–Trinajstić information content (AvgIpc) is 2.69. The van der Waals surface area contributed by atoms with E-state index in [2.05, 4.69) is 0 Å². The Morgan fingerprint density at radius 2 is 1.83 bits per heavy atom. The lowest BCUT2D eigenvalue weighted by molar-refractivity contribution is -0.138. The van der Waals surface area contributed by atoms with Crippen molar-refractivity contribution in [3.63, 3.8) is 0 Å². The smallest absolute Gasteiger partial charge is 0.418 e. The van der Waals surface area contributed by atoms with Gasteiger partial charge in [-0.25, -0.2) is 4.79 Å². The number of amides is 1. The van der Waals surface area contributed by atoms with E-state index in [1.54, 1.807) is 40.0 Å². The maximum atomic E-state index is 12.9. The summed E-state index contributed by atoms with van der Waals surface area (Å²) in [5.74, 6) is -0.539. The van der Waals surface area contributed by atoms with Crippen LogP contribution in [0.5, 0.6) is 0 Å². The molecule has 1 aromatic carbocycles. The molecule has 2 unspecified atom stereocenters. The minimum Gasteiger partial charge on any atom is -0.491 e. The van der Waals surface area contributed by atoms with E-state index in [0.29, 0.717) is 5.57 Å². The van der Waals surface area contributed by atoms with Gasteiger partial charge in [-0.3, -0.25) is 9.69 Å². The van der Waals surface area contributed by atoms with Crippen LogP contribution in [0.25, 0.3) is 0 Å². The van der Waals surface area contributed by atoms with Crippen molar-refractivity contribution in [1.82, 2.24) is 4.90 Å². The fourth-order valence-electron chi connectivity index (χ4n) is 3.54. The Bertz CT molecular complexity index is 936. The molecular weight excluding hydrogens is 382 g/mol. The zero-order valence-electron chi connectivity index (χ0n) is 18.3. The van der Waals surface area contributed by atoms with Gasteiger partial charge in [-0.15, -0.1) is 0 Å². The number of rotatable bonds is 4. The van der Waals surface area contributed by atoms with E-state index in [4.69, 9.17) is 9.47 Å². The molecular formula is C24H29NO5. The Kier molecular flexibility index (Phi) is 5.65. The van der Waals surface area contributed by atoms with Gasteiger partial charge in [-0.1, -0.05) is 36.4 Å². The van der Waals surface area contributed by atoms with Crippen LogP contribution in [0.3, 0.4) is 0 Å². The number of carbonyl (C=O) groups excluding carboxylic acids is 2. The molecule has 1 aliphatic heterocycles. The van der Waals surface area contributed by atoms with Crippen LogP contribution in [0.15, 0.2) is 65.7 Å². The first kappa shape index (κ1) is 21.8. The van der Waals surface area contributed by atoms with Gasteiger partial charge in [-0.05, 0) is 53.2 Å². The third-order valence-corrected chi connectivity index (χ3v) is 4.88. The first-order chi connectivity index (χ1) is 13.9. The molecule has 3 rings (SSSR count). The van der Waals surface area contributed by atoms with Crippen molar-refractivity contribution in [2.75, 3.05) is 0 Å². The second kappa shape index (κ2) is 7.76. The number of Topliss-reactive ketones (excluding diaryl/α,β-unsaturated/α-hetero) is 1. The Labute approximate surface area is 177 Å². The summed E-state index contributed by atoms with van der Waals surface area (Å²) in [5, 5.41) is 11.5. The first-order valence-electron chi connectivity index (χ1n) is 10.1. The summed E-state index contributed by atoms with van der Waals surface area (Å²) in [4.78, 5) is 26.9. The van der Waals surface area contributed by atoms with Crippen LogP contribution in [0.4, 0.5) is 4.79 Å². The summed E-state index contributed by atoms with van der Waals surface area (Å²) >= 11 is 0. The second-order valence-electron chi connectivity index (χ2n) is 8.84. The van der Waals surface area contributed by atoms with Crippen LogP contribution >= 0.6 is 0 Å². The van der Waals surface area contributed by atoms with E-state index in [-0.39, 0.29) is 23.5 Å². The standard InChI is InChI=1S/C24H29NO5/c1-15(2)29-21-16(3)20(26)24(21,28)19-14-18(17-10-8-7-9-11-17)12-13-25(19)22(27)30-23(4,5)6/h7-15,18,28H,1-6H3. The Morgan fingerprint density at radius 3 is 2.40 bits per heavy atom. The van der Waals surface area contributed by atoms with E-state index in [1.807, 2.05) is 50.3 Å². The van der Waals surface area contributed by atoms with Crippen LogP contribution in [-0.2, 0) is 14.3 Å². The lowest BCUT2D eigenvalue weighted by Crippen LogP contribution is -2.57. The van der Waals surface area contributed by atoms with Crippen LogP contribution in [0.2, 0.25) is 0 Å². The van der Waals surface area contributed by atoms with Crippen LogP contribution in [0.1, 0.15) is 53.0 Å². The molecule has 1 amide bonds. The van der Waals surface area contributed by atoms with Gasteiger partial charge >= 0.3 is 6.09 Å². The molecule has 0 saturated heterocycles. The number of nitrogens with zero attached hydrogens (tertiary/aromatic N) is 1. The molecule has 1 heterocycles. The fraction of sp³-hybridized carbons (Fsp3) is 0.417. The molecule has 6 heteroatoms. The molecule has 1 aromatic rings. The van der Waals surface area contributed by atoms with E-state index < -0.39 is 23.1 Å². The molecule has 1 aliphatic carbocycles. The highest BCUT2D eigenvalue weighted by Gasteiger charge is 2.58. The zero-order chi connectivity index (χ0) is 22.3. The summed E-state index contributed by atoms with van der Waals surface area (Å²) in [6.07, 6.45) is 4.18. The minimum absolute atomic E-state index is 0.124. The Balaban J connectivity index is 2.07. The molecule has 6 nitrogen and oxygen atoms in total. The van der Waals surface area contributed by atoms with Gasteiger partial charge in [0.2, 0.25) is 11.4 Å². The third kappa shape index (κ3) is 3.92. The molecule has 0 aromatic heterocycles. The number of ketones is 1. The molecule has 0 bridgehead atoms. The summed E-state index contributed by atoms with van der Waals surface area (Å²) in [7, 11) is 0. The average molecular weight is 411 g/mol. The van der Waals surface area contributed by atoms with Crippen LogP contribution < -0.4 is 0 Å². The topological polar surface area (TPSA) is 76.1 Å². The van der Waals surface area contributed by atoms with Gasteiger partial charge in [0.15, 0.2) is 0 Å². The summed E-state index contributed by atoms with van der Waals surface area (Å²) in [6, 6.07) is 9.64.